The molecule has 0 saturated carbocycles. The van der Waals surface area contributed by atoms with Crippen molar-refractivity contribution in [3.8, 4) is 22.5 Å². The van der Waals surface area contributed by atoms with Gasteiger partial charge in [-0.2, -0.15) is 31.4 Å². The third-order valence-electron chi connectivity index (χ3n) is 6.13. The van der Waals surface area contributed by atoms with E-state index in [-0.39, 0.29) is 41.8 Å². The molecule has 39 heavy (non-hydrogen) atoms. The van der Waals surface area contributed by atoms with E-state index in [9.17, 15) is 35.1 Å². The third-order valence-corrected chi connectivity index (χ3v) is 6.13. The van der Waals surface area contributed by atoms with E-state index in [0.29, 0.717) is 23.1 Å². The van der Waals surface area contributed by atoms with Crippen LogP contribution in [-0.4, -0.2) is 26.2 Å². The average Bonchev–Trinajstić information content (AvgIpc) is 3.27. The van der Waals surface area contributed by atoms with Crippen LogP contribution < -0.4 is 0 Å². The number of aromatic nitrogens is 3. The summed E-state index contributed by atoms with van der Waals surface area (Å²) in [5, 5.41) is 5.84. The van der Waals surface area contributed by atoms with Crippen LogP contribution in [0.5, 0.6) is 0 Å². The van der Waals surface area contributed by atoms with Gasteiger partial charge in [-0.25, -0.2) is 13.8 Å². The van der Waals surface area contributed by atoms with Crippen molar-refractivity contribution in [3.63, 3.8) is 0 Å². The minimum atomic E-state index is -5.02. The number of halogens is 8. The number of H-pyrrole nitrogens is 1. The topological polar surface area (TPSA) is 57.2 Å². The van der Waals surface area contributed by atoms with Crippen LogP contribution in [0.2, 0.25) is 0 Å². The molecule has 2 aromatic heterocycles. The molecule has 13 heteroatoms. The molecule has 0 saturated heterocycles. The van der Waals surface area contributed by atoms with E-state index in [1.807, 2.05) is 0 Å². The molecule has 4 aromatic rings. The van der Waals surface area contributed by atoms with Gasteiger partial charge in [0.05, 0.1) is 53.1 Å². The molecule has 1 aliphatic rings. The van der Waals surface area contributed by atoms with E-state index in [4.69, 9.17) is 0 Å². The molecule has 0 atom stereocenters. The summed E-state index contributed by atoms with van der Waals surface area (Å²) in [7, 11) is 0. The highest BCUT2D eigenvalue weighted by Gasteiger charge is 2.38. The molecular formula is C26H17F8N5. The van der Waals surface area contributed by atoms with Gasteiger partial charge < -0.3 is 4.98 Å². The number of nitrogens with zero attached hydrogens (tertiary/aromatic N) is 4. The largest absolute Gasteiger partial charge is 0.417 e. The van der Waals surface area contributed by atoms with Gasteiger partial charge in [-0.05, 0) is 42.8 Å². The van der Waals surface area contributed by atoms with Crippen LogP contribution in [-0.2, 0) is 25.4 Å². The number of aryl methyl sites for hydroxylation is 1. The summed E-state index contributed by atoms with van der Waals surface area (Å²) in [6.07, 6.45) is -8.49. The third kappa shape index (κ3) is 5.20. The number of hydrogen-bond acceptors (Lipinski definition) is 4. The number of fused-ring (bicyclic) bond motifs is 1. The van der Waals surface area contributed by atoms with Crippen molar-refractivity contribution in [1.29, 1.82) is 0 Å². The summed E-state index contributed by atoms with van der Waals surface area (Å²) in [5.41, 5.74) is -1.59. The highest BCUT2D eigenvalue weighted by molar-refractivity contribution is 5.81. The van der Waals surface area contributed by atoms with Gasteiger partial charge >= 0.3 is 12.4 Å². The van der Waals surface area contributed by atoms with E-state index < -0.39 is 40.7 Å². The van der Waals surface area contributed by atoms with E-state index in [0.717, 1.165) is 12.1 Å². The Morgan fingerprint density at radius 1 is 0.872 bits per heavy atom. The SMILES string of the molecule is Cc1nc(CN2Cc3nc(-c4cccc(F)c4F)[nH]c3C=N2)ccc1-c1ccc(C(F)(F)F)cc1C(F)(F)F. The van der Waals surface area contributed by atoms with Crippen molar-refractivity contribution in [3.05, 3.63) is 94.1 Å². The Morgan fingerprint density at radius 2 is 1.62 bits per heavy atom. The first-order valence-corrected chi connectivity index (χ1v) is 11.4. The first-order valence-electron chi connectivity index (χ1n) is 11.4. The minimum Gasteiger partial charge on any atom is -0.337 e. The minimum absolute atomic E-state index is 0.0401. The van der Waals surface area contributed by atoms with Crippen molar-refractivity contribution >= 4 is 6.21 Å². The van der Waals surface area contributed by atoms with Crippen LogP contribution in [0.4, 0.5) is 35.1 Å². The molecule has 0 fully saturated rings. The van der Waals surface area contributed by atoms with Gasteiger partial charge in [-0.1, -0.05) is 18.2 Å². The number of imidazole rings is 1. The molecule has 5 rings (SSSR count). The number of aromatic amines is 1. The van der Waals surface area contributed by atoms with Crippen molar-refractivity contribution in [2.24, 2.45) is 5.10 Å². The first-order chi connectivity index (χ1) is 18.3. The first kappa shape index (κ1) is 26.3. The van der Waals surface area contributed by atoms with Crippen molar-refractivity contribution in [2.45, 2.75) is 32.4 Å². The van der Waals surface area contributed by atoms with Crippen LogP contribution in [0.25, 0.3) is 22.5 Å². The lowest BCUT2D eigenvalue weighted by Gasteiger charge is -2.21. The fourth-order valence-electron chi connectivity index (χ4n) is 4.28. The van der Waals surface area contributed by atoms with E-state index in [2.05, 4.69) is 20.1 Å². The number of rotatable bonds is 4. The Bertz CT molecular complexity index is 1590. The van der Waals surface area contributed by atoms with Crippen LogP contribution >= 0.6 is 0 Å². The van der Waals surface area contributed by atoms with Gasteiger partial charge in [0.2, 0.25) is 0 Å². The maximum atomic E-state index is 14.2. The maximum absolute atomic E-state index is 14.2. The lowest BCUT2D eigenvalue weighted by atomic mass is 9.95. The van der Waals surface area contributed by atoms with Crippen LogP contribution in [0.1, 0.15) is 33.9 Å². The van der Waals surface area contributed by atoms with Gasteiger partial charge in [0.25, 0.3) is 0 Å². The number of hydrazone groups is 1. The van der Waals surface area contributed by atoms with Crippen molar-refractivity contribution in [1.82, 2.24) is 20.0 Å². The highest BCUT2D eigenvalue weighted by Crippen LogP contribution is 2.41. The van der Waals surface area contributed by atoms with Gasteiger partial charge in [0.1, 0.15) is 5.82 Å². The molecule has 2 aromatic carbocycles. The Morgan fingerprint density at radius 3 is 2.31 bits per heavy atom. The number of benzene rings is 2. The van der Waals surface area contributed by atoms with Crippen molar-refractivity contribution < 1.29 is 35.1 Å². The molecule has 0 amide bonds. The summed E-state index contributed by atoms with van der Waals surface area (Å²) < 4.78 is 108. The molecule has 1 N–H and O–H groups in total. The van der Waals surface area contributed by atoms with Crippen molar-refractivity contribution in [2.75, 3.05) is 0 Å². The fourth-order valence-corrected chi connectivity index (χ4v) is 4.28. The molecule has 0 spiro atoms. The zero-order chi connectivity index (χ0) is 28.1. The Hall–Kier alpha value is -4.29. The molecule has 0 bridgehead atoms. The van der Waals surface area contributed by atoms with Gasteiger partial charge in [-0.3, -0.25) is 9.99 Å². The standard InChI is InChI=1S/C26H17F8N5/c1-13-16(17-7-5-14(25(29,30)31)9-19(17)26(32,33)34)8-6-15(36-13)11-39-12-22-21(10-35-39)37-24(38-22)18-3-2-4-20(27)23(18)28/h2-10H,11-12H2,1H3,(H,37,38). The molecule has 3 heterocycles. The van der Waals surface area contributed by atoms with Gasteiger partial charge in [-0.15, -0.1) is 0 Å². The highest BCUT2D eigenvalue weighted by atomic mass is 19.4. The summed E-state index contributed by atoms with van der Waals surface area (Å²) in [6, 6.07) is 8.05. The Kier molecular flexibility index (Phi) is 6.39. The number of hydrogen-bond donors (Lipinski definition) is 1. The predicted octanol–water partition coefficient (Wildman–Crippen LogP) is 7.11. The molecule has 0 unspecified atom stereocenters. The monoisotopic (exact) mass is 551 g/mol. The lowest BCUT2D eigenvalue weighted by molar-refractivity contribution is -0.142. The van der Waals surface area contributed by atoms with Crippen LogP contribution in [0.3, 0.4) is 0 Å². The quantitative estimate of drug-likeness (QED) is 0.275. The normalized spacial score (nSPS) is 13.6. The second-order valence-corrected chi connectivity index (χ2v) is 8.81. The van der Waals surface area contributed by atoms with Gasteiger partial charge in [0, 0.05) is 11.3 Å². The van der Waals surface area contributed by atoms with E-state index in [1.165, 1.54) is 37.4 Å². The van der Waals surface area contributed by atoms with Gasteiger partial charge in [0.15, 0.2) is 11.6 Å². The predicted molar refractivity (Wildman–Crippen MR) is 125 cm³/mol. The fraction of sp³-hybridized carbons (Fsp3) is 0.192. The van der Waals surface area contributed by atoms with E-state index >= 15 is 0 Å². The molecule has 202 valence electrons. The van der Waals surface area contributed by atoms with Crippen LogP contribution in [0.15, 0.2) is 53.6 Å². The zero-order valence-electron chi connectivity index (χ0n) is 19.9. The number of nitrogens with one attached hydrogen (secondary N) is 1. The number of pyridine rings is 1. The molecule has 5 nitrogen and oxygen atoms in total. The summed E-state index contributed by atoms with van der Waals surface area (Å²) in [5.74, 6) is -1.93. The molecule has 1 aliphatic heterocycles. The smallest absolute Gasteiger partial charge is 0.337 e. The summed E-state index contributed by atoms with van der Waals surface area (Å²) in [6.45, 7) is 1.77. The van der Waals surface area contributed by atoms with E-state index in [1.54, 1.807) is 5.01 Å². The number of alkyl halides is 6. The second-order valence-electron chi connectivity index (χ2n) is 8.81. The average molecular weight is 551 g/mol. The maximum Gasteiger partial charge on any atom is 0.417 e. The Balaban J connectivity index is 1.38. The lowest BCUT2D eigenvalue weighted by Crippen LogP contribution is -2.22. The molecule has 0 radical (unpaired) electrons. The van der Waals surface area contributed by atoms with Crippen LogP contribution in [0, 0.1) is 18.6 Å². The molecule has 0 aliphatic carbocycles. The molecular weight excluding hydrogens is 534 g/mol. The summed E-state index contributed by atoms with van der Waals surface area (Å²) >= 11 is 0. The Labute approximate surface area is 215 Å². The summed E-state index contributed by atoms with van der Waals surface area (Å²) in [4.78, 5) is 11.6. The zero-order valence-corrected chi connectivity index (χ0v) is 19.9. The second kappa shape index (κ2) is 9.47.